The van der Waals surface area contributed by atoms with E-state index in [-0.39, 0.29) is 17.5 Å². The predicted molar refractivity (Wildman–Crippen MR) is 116 cm³/mol. The second kappa shape index (κ2) is 9.67. The number of piperidine rings is 1. The molecule has 8 nitrogen and oxygen atoms in total. The van der Waals surface area contributed by atoms with Crippen molar-refractivity contribution in [3.8, 4) is 0 Å². The van der Waals surface area contributed by atoms with Crippen LogP contribution in [0.25, 0.3) is 0 Å². The zero-order chi connectivity index (χ0) is 20.8. The van der Waals surface area contributed by atoms with Crippen LogP contribution in [0.4, 0.5) is 11.5 Å². The lowest BCUT2D eigenvalue weighted by Crippen LogP contribution is -2.51. The number of hydrogen-bond acceptors (Lipinski definition) is 6. The van der Waals surface area contributed by atoms with Gasteiger partial charge in [0.2, 0.25) is 5.91 Å². The molecule has 30 heavy (non-hydrogen) atoms. The smallest absolute Gasteiger partial charge is 0.276 e. The van der Waals surface area contributed by atoms with E-state index in [1.54, 1.807) is 6.07 Å². The number of aromatic nitrogens is 2. The third-order valence-electron chi connectivity index (χ3n) is 5.68. The summed E-state index contributed by atoms with van der Waals surface area (Å²) in [5, 5.41) is 11.2. The van der Waals surface area contributed by atoms with Gasteiger partial charge in [-0.15, -0.1) is 10.2 Å². The molecule has 158 valence electrons. The summed E-state index contributed by atoms with van der Waals surface area (Å²) in [5.74, 6) is 0.728. The number of anilines is 2. The maximum Gasteiger partial charge on any atom is 0.276 e. The van der Waals surface area contributed by atoms with Crippen molar-refractivity contribution >= 4 is 23.3 Å². The summed E-state index contributed by atoms with van der Waals surface area (Å²) in [6, 6.07) is 12.8. The SMILES string of the molecule is O=C(Nc1ccccc1)c1ccc(N2CCN(CC(=O)N3CCCCC3)CC2)nn1. The van der Waals surface area contributed by atoms with Crippen LogP contribution in [0.15, 0.2) is 42.5 Å². The number of amides is 2. The Labute approximate surface area is 176 Å². The van der Waals surface area contributed by atoms with Crippen LogP contribution in [-0.4, -0.2) is 77.6 Å². The quantitative estimate of drug-likeness (QED) is 0.813. The Morgan fingerprint density at radius 1 is 0.833 bits per heavy atom. The summed E-state index contributed by atoms with van der Waals surface area (Å²) in [4.78, 5) is 31.1. The highest BCUT2D eigenvalue weighted by molar-refractivity contribution is 6.02. The van der Waals surface area contributed by atoms with Gasteiger partial charge >= 0.3 is 0 Å². The fourth-order valence-electron chi connectivity index (χ4n) is 3.90. The highest BCUT2D eigenvalue weighted by Crippen LogP contribution is 2.15. The Bertz CT molecular complexity index is 844. The monoisotopic (exact) mass is 408 g/mol. The Hall–Kier alpha value is -3.00. The molecule has 2 aliphatic heterocycles. The summed E-state index contributed by atoms with van der Waals surface area (Å²) >= 11 is 0. The average molecular weight is 409 g/mol. The van der Waals surface area contributed by atoms with Crippen LogP contribution in [0.3, 0.4) is 0 Å². The second-order valence-electron chi connectivity index (χ2n) is 7.80. The van der Waals surface area contributed by atoms with Crippen LogP contribution in [0.5, 0.6) is 0 Å². The topological polar surface area (TPSA) is 81.7 Å². The molecule has 1 N–H and O–H groups in total. The van der Waals surface area contributed by atoms with E-state index in [1.807, 2.05) is 41.3 Å². The molecule has 0 radical (unpaired) electrons. The molecule has 4 rings (SSSR count). The number of nitrogens with one attached hydrogen (secondary N) is 1. The molecule has 2 aromatic rings. The van der Waals surface area contributed by atoms with Crippen LogP contribution in [0.2, 0.25) is 0 Å². The number of likely N-dealkylation sites (tertiary alicyclic amines) is 1. The van der Waals surface area contributed by atoms with Crippen molar-refractivity contribution in [3.63, 3.8) is 0 Å². The summed E-state index contributed by atoms with van der Waals surface area (Å²) in [6.07, 6.45) is 3.48. The normalized spacial score (nSPS) is 17.6. The molecule has 8 heteroatoms. The lowest BCUT2D eigenvalue weighted by Gasteiger charge is -2.36. The van der Waals surface area contributed by atoms with Crippen LogP contribution < -0.4 is 10.2 Å². The van der Waals surface area contributed by atoms with Crippen molar-refractivity contribution in [1.29, 1.82) is 0 Å². The predicted octanol–water partition coefficient (Wildman–Crippen LogP) is 1.86. The van der Waals surface area contributed by atoms with Crippen molar-refractivity contribution in [1.82, 2.24) is 20.0 Å². The molecule has 0 atom stereocenters. The van der Waals surface area contributed by atoms with Gasteiger partial charge in [-0.3, -0.25) is 14.5 Å². The van der Waals surface area contributed by atoms with Crippen LogP contribution >= 0.6 is 0 Å². The number of hydrogen-bond donors (Lipinski definition) is 1. The highest BCUT2D eigenvalue weighted by Gasteiger charge is 2.23. The number of piperazine rings is 1. The van der Waals surface area contributed by atoms with E-state index in [2.05, 4.69) is 25.3 Å². The zero-order valence-electron chi connectivity index (χ0n) is 17.2. The fraction of sp³-hybridized carbons (Fsp3) is 0.455. The Balaban J connectivity index is 1.26. The van der Waals surface area contributed by atoms with Crippen molar-refractivity contribution in [3.05, 3.63) is 48.2 Å². The average Bonchev–Trinajstić information content (AvgIpc) is 2.81. The number of benzene rings is 1. The maximum atomic E-state index is 12.5. The summed E-state index contributed by atoms with van der Waals surface area (Å²) in [5.41, 5.74) is 1.01. The Kier molecular flexibility index (Phi) is 6.53. The number of rotatable bonds is 5. The summed E-state index contributed by atoms with van der Waals surface area (Å²) in [7, 11) is 0. The summed E-state index contributed by atoms with van der Waals surface area (Å²) < 4.78 is 0. The van der Waals surface area contributed by atoms with Crippen LogP contribution in [-0.2, 0) is 4.79 Å². The van der Waals surface area contributed by atoms with Gasteiger partial charge in [0, 0.05) is 45.0 Å². The molecule has 2 aliphatic rings. The zero-order valence-corrected chi connectivity index (χ0v) is 17.2. The number of carbonyl (C=O) groups is 2. The minimum absolute atomic E-state index is 0.247. The summed E-state index contributed by atoms with van der Waals surface area (Å²) in [6.45, 7) is 5.51. The van der Waals surface area contributed by atoms with E-state index in [0.29, 0.717) is 6.54 Å². The van der Waals surface area contributed by atoms with E-state index in [1.165, 1.54) is 6.42 Å². The molecule has 3 heterocycles. The molecule has 2 fully saturated rings. The van der Waals surface area contributed by atoms with E-state index >= 15 is 0 Å². The fourth-order valence-corrected chi connectivity index (χ4v) is 3.90. The van der Waals surface area contributed by atoms with Crippen molar-refractivity contribution < 1.29 is 9.59 Å². The maximum absolute atomic E-state index is 12.5. The third kappa shape index (κ3) is 5.13. The highest BCUT2D eigenvalue weighted by atomic mass is 16.2. The van der Waals surface area contributed by atoms with Gasteiger partial charge in [-0.1, -0.05) is 18.2 Å². The molecule has 0 saturated carbocycles. The minimum Gasteiger partial charge on any atom is -0.353 e. The molecule has 0 bridgehead atoms. The second-order valence-corrected chi connectivity index (χ2v) is 7.80. The van der Waals surface area contributed by atoms with Gasteiger partial charge in [0.1, 0.15) is 0 Å². The molecule has 0 spiro atoms. The lowest BCUT2D eigenvalue weighted by molar-refractivity contribution is -0.133. The van der Waals surface area contributed by atoms with Gasteiger partial charge in [0.05, 0.1) is 6.54 Å². The van der Waals surface area contributed by atoms with Crippen LogP contribution in [0, 0.1) is 0 Å². The van der Waals surface area contributed by atoms with E-state index < -0.39 is 0 Å². The minimum atomic E-state index is -0.277. The number of para-hydroxylation sites is 1. The Morgan fingerprint density at radius 3 is 2.23 bits per heavy atom. The molecule has 1 aromatic carbocycles. The van der Waals surface area contributed by atoms with Crippen molar-refractivity contribution in [2.75, 3.05) is 56.0 Å². The first-order valence-electron chi connectivity index (χ1n) is 10.6. The molecule has 0 unspecified atom stereocenters. The first-order valence-corrected chi connectivity index (χ1v) is 10.6. The van der Waals surface area contributed by atoms with Gasteiger partial charge in [0.25, 0.3) is 5.91 Å². The number of carbonyl (C=O) groups excluding carboxylic acids is 2. The van der Waals surface area contributed by atoms with Gasteiger partial charge in [-0.2, -0.15) is 0 Å². The molecule has 1 aromatic heterocycles. The molecule has 0 aliphatic carbocycles. The van der Waals surface area contributed by atoms with E-state index in [4.69, 9.17) is 0 Å². The standard InChI is InChI=1S/C22H28N6O2/c29-21(28-11-5-2-6-12-28)17-26-13-15-27(16-14-26)20-10-9-19(24-25-20)22(30)23-18-7-3-1-4-8-18/h1,3-4,7-10H,2,5-6,11-17H2,(H,23,30). The van der Waals surface area contributed by atoms with Crippen molar-refractivity contribution in [2.45, 2.75) is 19.3 Å². The van der Waals surface area contributed by atoms with E-state index in [9.17, 15) is 9.59 Å². The Morgan fingerprint density at radius 2 is 1.57 bits per heavy atom. The van der Waals surface area contributed by atoms with Crippen molar-refractivity contribution in [2.24, 2.45) is 0 Å². The first-order chi connectivity index (χ1) is 14.7. The van der Waals surface area contributed by atoms with E-state index in [0.717, 1.165) is 63.6 Å². The lowest BCUT2D eigenvalue weighted by atomic mass is 10.1. The van der Waals surface area contributed by atoms with Gasteiger partial charge < -0.3 is 15.1 Å². The largest absolute Gasteiger partial charge is 0.353 e. The van der Waals surface area contributed by atoms with Gasteiger partial charge in [-0.25, -0.2) is 0 Å². The first kappa shape index (κ1) is 20.3. The molecule has 2 amide bonds. The number of nitrogens with zero attached hydrogens (tertiary/aromatic N) is 5. The third-order valence-corrected chi connectivity index (χ3v) is 5.68. The molecule has 2 saturated heterocycles. The van der Waals surface area contributed by atoms with Gasteiger partial charge in [0.15, 0.2) is 11.5 Å². The molecular formula is C22H28N6O2. The van der Waals surface area contributed by atoms with Gasteiger partial charge in [-0.05, 0) is 43.5 Å². The van der Waals surface area contributed by atoms with Crippen LogP contribution in [0.1, 0.15) is 29.8 Å². The molecular weight excluding hydrogens is 380 g/mol.